The molecule has 0 aliphatic heterocycles. The normalized spacial score (nSPS) is 10.1. The van der Waals surface area contributed by atoms with E-state index in [2.05, 4.69) is 22.5 Å². The fraction of sp³-hybridized carbons (Fsp3) is 0.294. The van der Waals surface area contributed by atoms with Crippen molar-refractivity contribution in [3.63, 3.8) is 0 Å². The number of pyridine rings is 1. The molecular weight excluding hydrogens is 278 g/mol. The highest BCUT2D eigenvalue weighted by molar-refractivity contribution is 5.93. The summed E-state index contributed by atoms with van der Waals surface area (Å²) >= 11 is 0. The van der Waals surface area contributed by atoms with Gasteiger partial charge in [-0.15, -0.1) is 0 Å². The van der Waals surface area contributed by atoms with Crippen molar-refractivity contribution >= 4 is 17.3 Å². The number of anilines is 2. The smallest absolute Gasteiger partial charge is 0.269 e. The maximum atomic E-state index is 12.0. The van der Waals surface area contributed by atoms with Gasteiger partial charge in [0.15, 0.2) is 0 Å². The molecule has 0 aliphatic carbocycles. The Bertz CT molecular complexity index is 629. The second-order valence-corrected chi connectivity index (χ2v) is 4.86. The number of carbonyl (C=O) groups is 1. The molecule has 1 amide bonds. The second-order valence-electron chi connectivity index (χ2n) is 4.86. The first kappa shape index (κ1) is 15.8. The van der Waals surface area contributed by atoms with Gasteiger partial charge in [-0.1, -0.05) is 25.5 Å². The second kappa shape index (κ2) is 8.02. The highest BCUT2D eigenvalue weighted by atomic mass is 16.5. The molecule has 22 heavy (non-hydrogen) atoms. The Morgan fingerprint density at radius 1 is 1.27 bits per heavy atom. The van der Waals surface area contributed by atoms with E-state index in [1.165, 1.54) is 0 Å². The Morgan fingerprint density at radius 2 is 2.09 bits per heavy atom. The number of methoxy groups -OCH3 is 1. The predicted molar refractivity (Wildman–Crippen MR) is 87.8 cm³/mol. The molecule has 5 heteroatoms. The van der Waals surface area contributed by atoms with E-state index in [0.717, 1.165) is 30.0 Å². The number of nitrogens with zero attached hydrogens (tertiary/aromatic N) is 1. The average Bonchev–Trinajstić information content (AvgIpc) is 2.56. The molecule has 1 aromatic heterocycles. The van der Waals surface area contributed by atoms with Gasteiger partial charge in [-0.05, 0) is 30.7 Å². The molecule has 2 aromatic rings. The van der Waals surface area contributed by atoms with Gasteiger partial charge in [0, 0.05) is 18.4 Å². The maximum absolute atomic E-state index is 12.0. The van der Waals surface area contributed by atoms with E-state index < -0.39 is 0 Å². The van der Waals surface area contributed by atoms with Crippen molar-refractivity contribution in [2.24, 2.45) is 0 Å². The van der Waals surface area contributed by atoms with Crippen molar-refractivity contribution in [1.82, 2.24) is 10.3 Å². The Hall–Kier alpha value is -2.56. The van der Waals surface area contributed by atoms with Crippen LogP contribution in [0, 0.1) is 0 Å². The number of benzene rings is 1. The van der Waals surface area contributed by atoms with Gasteiger partial charge in [-0.2, -0.15) is 0 Å². The molecule has 0 unspecified atom stereocenters. The van der Waals surface area contributed by atoms with Crippen molar-refractivity contribution in [3.8, 4) is 5.75 Å². The topological polar surface area (TPSA) is 63.2 Å². The minimum absolute atomic E-state index is 0.155. The summed E-state index contributed by atoms with van der Waals surface area (Å²) in [4.78, 5) is 16.1. The lowest BCUT2D eigenvalue weighted by Crippen LogP contribution is -2.25. The molecular formula is C17H21N3O2. The number of ether oxygens (including phenoxy) is 1. The van der Waals surface area contributed by atoms with Gasteiger partial charge in [0.05, 0.1) is 12.8 Å². The third-order valence-electron chi connectivity index (χ3n) is 3.19. The van der Waals surface area contributed by atoms with Crippen molar-refractivity contribution < 1.29 is 9.53 Å². The highest BCUT2D eigenvalue weighted by Gasteiger charge is 2.08. The molecule has 0 aliphatic rings. The van der Waals surface area contributed by atoms with Crippen LogP contribution in [0.5, 0.6) is 5.75 Å². The molecule has 1 aromatic carbocycles. The van der Waals surface area contributed by atoms with Crippen LogP contribution >= 0.6 is 0 Å². The fourth-order valence-corrected chi connectivity index (χ4v) is 2.01. The van der Waals surface area contributed by atoms with Crippen molar-refractivity contribution in [2.45, 2.75) is 19.8 Å². The molecule has 0 saturated heterocycles. The Labute approximate surface area is 130 Å². The van der Waals surface area contributed by atoms with Crippen LogP contribution in [0.1, 0.15) is 30.3 Å². The van der Waals surface area contributed by atoms with Gasteiger partial charge in [0.25, 0.3) is 5.91 Å². The van der Waals surface area contributed by atoms with Gasteiger partial charge in [0.2, 0.25) is 0 Å². The van der Waals surface area contributed by atoms with E-state index in [4.69, 9.17) is 4.74 Å². The summed E-state index contributed by atoms with van der Waals surface area (Å²) in [5.74, 6) is 0.588. The Kier molecular flexibility index (Phi) is 5.77. The number of unbranched alkanes of at least 4 members (excludes halogenated alkanes) is 1. The summed E-state index contributed by atoms with van der Waals surface area (Å²) in [6.07, 6.45) is 3.63. The van der Waals surface area contributed by atoms with Gasteiger partial charge < -0.3 is 15.4 Å². The number of nitrogens with one attached hydrogen (secondary N) is 2. The maximum Gasteiger partial charge on any atom is 0.269 e. The van der Waals surface area contributed by atoms with E-state index in [0.29, 0.717) is 12.2 Å². The molecule has 2 N–H and O–H groups in total. The van der Waals surface area contributed by atoms with Crippen molar-refractivity contribution in [3.05, 3.63) is 48.3 Å². The molecule has 0 radical (unpaired) electrons. The van der Waals surface area contributed by atoms with Gasteiger partial charge in [-0.3, -0.25) is 9.78 Å². The Balaban J connectivity index is 2.09. The van der Waals surface area contributed by atoms with Gasteiger partial charge in [0.1, 0.15) is 11.4 Å². The van der Waals surface area contributed by atoms with Crippen molar-refractivity contribution in [2.75, 3.05) is 19.0 Å². The lowest BCUT2D eigenvalue weighted by molar-refractivity contribution is 0.0948. The molecule has 0 fully saturated rings. The number of para-hydroxylation sites is 2. The molecule has 5 nitrogen and oxygen atoms in total. The SMILES string of the molecule is CCCCNC(=O)c1cc(Nc2ccccc2OC)ccn1. The largest absolute Gasteiger partial charge is 0.495 e. The molecule has 2 rings (SSSR count). The highest BCUT2D eigenvalue weighted by Crippen LogP contribution is 2.26. The lowest BCUT2D eigenvalue weighted by Gasteiger charge is -2.11. The molecule has 0 spiro atoms. The zero-order valence-electron chi connectivity index (χ0n) is 12.9. The fourth-order valence-electron chi connectivity index (χ4n) is 2.01. The Morgan fingerprint density at radius 3 is 2.86 bits per heavy atom. The quantitative estimate of drug-likeness (QED) is 0.769. The van der Waals surface area contributed by atoms with E-state index in [1.54, 1.807) is 19.4 Å². The summed E-state index contributed by atoms with van der Waals surface area (Å²) in [6, 6.07) is 11.2. The summed E-state index contributed by atoms with van der Waals surface area (Å²) in [7, 11) is 1.62. The van der Waals surface area contributed by atoms with Gasteiger partial charge in [-0.25, -0.2) is 0 Å². The van der Waals surface area contributed by atoms with E-state index in [9.17, 15) is 4.79 Å². The molecule has 116 valence electrons. The van der Waals surface area contributed by atoms with Crippen LogP contribution < -0.4 is 15.4 Å². The number of hydrogen-bond acceptors (Lipinski definition) is 4. The van der Waals surface area contributed by atoms with Crippen LogP contribution in [-0.2, 0) is 0 Å². The molecule has 0 atom stereocenters. The third-order valence-corrected chi connectivity index (χ3v) is 3.19. The van der Waals surface area contributed by atoms with Crippen LogP contribution in [0.25, 0.3) is 0 Å². The minimum Gasteiger partial charge on any atom is -0.495 e. The van der Waals surface area contributed by atoms with Gasteiger partial charge >= 0.3 is 0 Å². The van der Waals surface area contributed by atoms with Crippen LogP contribution in [0.4, 0.5) is 11.4 Å². The average molecular weight is 299 g/mol. The lowest BCUT2D eigenvalue weighted by atomic mass is 10.2. The summed E-state index contributed by atoms with van der Waals surface area (Å²) in [6.45, 7) is 2.75. The minimum atomic E-state index is -0.155. The summed E-state index contributed by atoms with van der Waals surface area (Å²) in [5.41, 5.74) is 2.03. The molecule has 0 saturated carbocycles. The van der Waals surface area contributed by atoms with Crippen LogP contribution in [0.2, 0.25) is 0 Å². The van der Waals surface area contributed by atoms with Crippen molar-refractivity contribution in [1.29, 1.82) is 0 Å². The van der Waals surface area contributed by atoms with Crippen LogP contribution in [0.15, 0.2) is 42.6 Å². The number of hydrogen-bond donors (Lipinski definition) is 2. The monoisotopic (exact) mass is 299 g/mol. The van der Waals surface area contributed by atoms with E-state index in [1.807, 2.05) is 30.3 Å². The predicted octanol–water partition coefficient (Wildman–Crippen LogP) is 3.36. The molecule has 1 heterocycles. The summed E-state index contributed by atoms with van der Waals surface area (Å²) < 4.78 is 5.30. The number of aromatic nitrogens is 1. The first-order chi connectivity index (χ1) is 10.7. The number of rotatable bonds is 7. The number of amides is 1. The standard InChI is InChI=1S/C17H21N3O2/c1-3-4-10-19-17(21)15-12-13(9-11-18-15)20-14-7-5-6-8-16(14)22-2/h5-9,11-12H,3-4,10H2,1-2H3,(H,18,20)(H,19,21). The third kappa shape index (κ3) is 4.22. The zero-order chi connectivity index (χ0) is 15.8. The first-order valence-corrected chi connectivity index (χ1v) is 7.39. The number of carbonyl (C=O) groups excluding carboxylic acids is 1. The zero-order valence-corrected chi connectivity index (χ0v) is 12.9. The molecule has 0 bridgehead atoms. The van der Waals surface area contributed by atoms with E-state index in [-0.39, 0.29) is 5.91 Å². The van der Waals surface area contributed by atoms with Crippen LogP contribution in [-0.4, -0.2) is 24.5 Å². The van der Waals surface area contributed by atoms with E-state index >= 15 is 0 Å². The summed E-state index contributed by atoms with van der Waals surface area (Å²) in [5, 5.41) is 6.10. The van der Waals surface area contributed by atoms with Crippen LogP contribution in [0.3, 0.4) is 0 Å². The first-order valence-electron chi connectivity index (χ1n) is 7.39.